The zero-order valence-electron chi connectivity index (χ0n) is 16.1. The third kappa shape index (κ3) is 3.63. The highest BCUT2D eigenvalue weighted by atomic mass is 35.5. The Labute approximate surface area is 173 Å². The van der Waals surface area contributed by atoms with Crippen LogP contribution in [-0.2, 0) is 11.3 Å². The predicted octanol–water partition coefficient (Wildman–Crippen LogP) is 4.83. The molecule has 4 rings (SSSR count). The van der Waals surface area contributed by atoms with Gasteiger partial charge in [-0.1, -0.05) is 55.3 Å². The summed E-state index contributed by atoms with van der Waals surface area (Å²) in [7, 11) is 0. The lowest BCUT2D eigenvalue weighted by Gasteiger charge is -2.09. The van der Waals surface area contributed by atoms with Gasteiger partial charge in [0.15, 0.2) is 5.65 Å². The van der Waals surface area contributed by atoms with Crippen molar-refractivity contribution in [1.82, 2.24) is 14.5 Å². The second-order valence-electron chi connectivity index (χ2n) is 6.81. The molecule has 7 heteroatoms. The summed E-state index contributed by atoms with van der Waals surface area (Å²) in [5, 5.41) is 0.620. The number of unbranched alkanes of at least 4 members (excludes halogenated alkanes) is 1. The molecule has 0 aliphatic carbocycles. The summed E-state index contributed by atoms with van der Waals surface area (Å²) < 4.78 is 7.20. The molecule has 0 saturated heterocycles. The minimum Gasteiger partial charge on any atom is -0.462 e. The summed E-state index contributed by atoms with van der Waals surface area (Å²) in [5.74, 6) is -0.208. The van der Waals surface area contributed by atoms with Gasteiger partial charge in [0.2, 0.25) is 0 Å². The Hall–Kier alpha value is -3.12. The number of nitrogen functional groups attached to an aromatic ring is 1. The van der Waals surface area contributed by atoms with Crippen LogP contribution in [0.4, 0.5) is 5.82 Å². The first-order valence-corrected chi connectivity index (χ1v) is 9.93. The molecular formula is C22H21ClN4O2. The Kier molecular flexibility index (Phi) is 5.36. The van der Waals surface area contributed by atoms with Crippen molar-refractivity contribution in [2.24, 2.45) is 0 Å². The van der Waals surface area contributed by atoms with E-state index < -0.39 is 5.97 Å². The SMILES string of the molecule is CCCCOC(=O)c1c(N)n(Cc2ccccc2Cl)c2nc3ccccc3nc12. The molecule has 0 unspecified atom stereocenters. The number of nitrogens with two attached hydrogens (primary N) is 1. The largest absolute Gasteiger partial charge is 0.462 e. The molecule has 2 heterocycles. The summed E-state index contributed by atoms with van der Waals surface area (Å²) in [5.41, 5.74) is 9.93. The second-order valence-corrected chi connectivity index (χ2v) is 7.22. The van der Waals surface area contributed by atoms with Crippen LogP contribution in [0.1, 0.15) is 35.7 Å². The van der Waals surface area contributed by atoms with Crippen LogP contribution in [0.2, 0.25) is 5.02 Å². The maximum absolute atomic E-state index is 12.8. The minimum atomic E-state index is -0.483. The predicted molar refractivity (Wildman–Crippen MR) is 115 cm³/mol. The zero-order chi connectivity index (χ0) is 20.4. The van der Waals surface area contributed by atoms with Crippen molar-refractivity contribution in [3.63, 3.8) is 0 Å². The Morgan fingerprint density at radius 1 is 1.10 bits per heavy atom. The van der Waals surface area contributed by atoms with Gasteiger partial charge < -0.3 is 15.0 Å². The Balaban J connectivity index is 1.89. The number of halogens is 1. The lowest BCUT2D eigenvalue weighted by atomic mass is 10.2. The van der Waals surface area contributed by atoms with Gasteiger partial charge >= 0.3 is 5.97 Å². The number of carbonyl (C=O) groups is 1. The molecule has 29 heavy (non-hydrogen) atoms. The molecule has 4 aromatic rings. The molecule has 148 valence electrons. The third-order valence-corrected chi connectivity index (χ3v) is 5.18. The number of ether oxygens (including phenoxy) is 1. The molecular weight excluding hydrogens is 388 g/mol. The summed E-state index contributed by atoms with van der Waals surface area (Å²) in [6.45, 7) is 2.75. The van der Waals surface area contributed by atoms with E-state index in [0.717, 1.165) is 23.9 Å². The van der Waals surface area contributed by atoms with Crippen molar-refractivity contribution >= 4 is 45.6 Å². The summed E-state index contributed by atoms with van der Waals surface area (Å²) >= 11 is 6.34. The van der Waals surface area contributed by atoms with E-state index in [1.807, 2.05) is 55.5 Å². The monoisotopic (exact) mass is 408 g/mol. The number of nitrogens with zero attached hydrogens (tertiary/aromatic N) is 3. The highest BCUT2D eigenvalue weighted by Crippen LogP contribution is 2.30. The highest BCUT2D eigenvalue weighted by Gasteiger charge is 2.25. The van der Waals surface area contributed by atoms with E-state index in [2.05, 4.69) is 4.98 Å². The normalized spacial score (nSPS) is 11.2. The van der Waals surface area contributed by atoms with Crippen molar-refractivity contribution < 1.29 is 9.53 Å². The van der Waals surface area contributed by atoms with Crippen LogP contribution in [0.25, 0.3) is 22.2 Å². The summed E-state index contributed by atoms with van der Waals surface area (Å²) in [4.78, 5) is 22.2. The van der Waals surface area contributed by atoms with Gasteiger partial charge in [-0.25, -0.2) is 14.8 Å². The van der Waals surface area contributed by atoms with Gasteiger partial charge in [0, 0.05) is 5.02 Å². The Morgan fingerprint density at radius 3 is 2.52 bits per heavy atom. The average Bonchev–Trinajstić information content (AvgIpc) is 2.99. The van der Waals surface area contributed by atoms with Gasteiger partial charge in [-0.05, 0) is 30.2 Å². The van der Waals surface area contributed by atoms with Crippen molar-refractivity contribution in [3.8, 4) is 0 Å². The van der Waals surface area contributed by atoms with Crippen molar-refractivity contribution in [2.75, 3.05) is 12.3 Å². The first-order chi connectivity index (χ1) is 14.1. The third-order valence-electron chi connectivity index (χ3n) is 4.81. The van der Waals surface area contributed by atoms with Crippen molar-refractivity contribution in [3.05, 3.63) is 64.7 Å². The number of hydrogen-bond donors (Lipinski definition) is 1. The number of esters is 1. The van der Waals surface area contributed by atoms with Gasteiger partial charge in [-0.15, -0.1) is 0 Å². The fourth-order valence-corrected chi connectivity index (χ4v) is 3.45. The Morgan fingerprint density at radius 2 is 1.79 bits per heavy atom. The van der Waals surface area contributed by atoms with E-state index in [9.17, 15) is 4.79 Å². The van der Waals surface area contributed by atoms with Crippen LogP contribution in [0.5, 0.6) is 0 Å². The standard InChI is InChI=1S/C22H21ClN4O2/c1-2-3-12-29-22(28)18-19-21(26-17-11-7-6-10-16(17)25-19)27(20(18)24)13-14-8-4-5-9-15(14)23/h4-11H,2-3,12-13,24H2,1H3. The smallest absolute Gasteiger partial charge is 0.344 e. The van der Waals surface area contributed by atoms with Gasteiger partial charge in [0.1, 0.15) is 16.9 Å². The van der Waals surface area contributed by atoms with E-state index in [0.29, 0.717) is 34.9 Å². The molecule has 0 atom stereocenters. The minimum absolute atomic E-state index is 0.251. The molecule has 0 spiro atoms. The van der Waals surface area contributed by atoms with Crippen LogP contribution in [-0.4, -0.2) is 27.1 Å². The second kappa shape index (κ2) is 8.09. The van der Waals surface area contributed by atoms with E-state index >= 15 is 0 Å². The van der Waals surface area contributed by atoms with E-state index in [4.69, 9.17) is 27.1 Å². The highest BCUT2D eigenvalue weighted by molar-refractivity contribution is 6.31. The number of anilines is 1. The average molecular weight is 409 g/mol. The lowest BCUT2D eigenvalue weighted by Crippen LogP contribution is -2.11. The number of fused-ring (bicyclic) bond motifs is 2. The molecule has 2 aromatic carbocycles. The number of aromatic nitrogens is 3. The first kappa shape index (κ1) is 19.2. The molecule has 0 radical (unpaired) electrons. The molecule has 6 nitrogen and oxygen atoms in total. The molecule has 0 fully saturated rings. The molecule has 0 aliphatic heterocycles. The fourth-order valence-electron chi connectivity index (χ4n) is 3.26. The lowest BCUT2D eigenvalue weighted by molar-refractivity contribution is 0.0503. The molecule has 2 N–H and O–H groups in total. The quantitative estimate of drug-likeness (QED) is 0.365. The molecule has 0 amide bonds. The van der Waals surface area contributed by atoms with Crippen LogP contribution in [0, 0.1) is 0 Å². The van der Waals surface area contributed by atoms with Gasteiger partial charge in [0.25, 0.3) is 0 Å². The topological polar surface area (TPSA) is 83.0 Å². The number of hydrogen-bond acceptors (Lipinski definition) is 5. The summed E-state index contributed by atoms with van der Waals surface area (Å²) in [6.07, 6.45) is 1.72. The Bertz CT molecular complexity index is 1200. The molecule has 2 aromatic heterocycles. The van der Waals surface area contributed by atoms with Crippen LogP contribution < -0.4 is 5.73 Å². The van der Waals surface area contributed by atoms with Gasteiger partial charge in [0.05, 0.1) is 24.2 Å². The van der Waals surface area contributed by atoms with Crippen molar-refractivity contribution in [1.29, 1.82) is 0 Å². The summed E-state index contributed by atoms with van der Waals surface area (Å²) in [6, 6.07) is 15.0. The fraction of sp³-hybridized carbons (Fsp3) is 0.227. The maximum Gasteiger partial charge on any atom is 0.344 e. The number of rotatable bonds is 6. The van der Waals surface area contributed by atoms with Gasteiger partial charge in [-0.2, -0.15) is 0 Å². The number of carbonyl (C=O) groups excluding carboxylic acids is 1. The number of para-hydroxylation sites is 2. The zero-order valence-corrected chi connectivity index (χ0v) is 16.8. The van der Waals surface area contributed by atoms with Crippen LogP contribution in [0.15, 0.2) is 48.5 Å². The van der Waals surface area contributed by atoms with Crippen LogP contribution >= 0.6 is 11.6 Å². The van der Waals surface area contributed by atoms with E-state index in [-0.39, 0.29) is 11.4 Å². The van der Waals surface area contributed by atoms with E-state index in [1.54, 1.807) is 4.57 Å². The van der Waals surface area contributed by atoms with Crippen molar-refractivity contribution in [2.45, 2.75) is 26.3 Å². The molecule has 0 bridgehead atoms. The molecule has 0 aliphatic rings. The number of benzene rings is 2. The maximum atomic E-state index is 12.8. The van der Waals surface area contributed by atoms with Gasteiger partial charge in [-0.3, -0.25) is 0 Å². The first-order valence-electron chi connectivity index (χ1n) is 9.55. The van der Waals surface area contributed by atoms with E-state index in [1.165, 1.54) is 0 Å². The van der Waals surface area contributed by atoms with Crippen LogP contribution in [0.3, 0.4) is 0 Å². The molecule has 0 saturated carbocycles.